The van der Waals surface area contributed by atoms with E-state index in [9.17, 15) is 4.79 Å². The van der Waals surface area contributed by atoms with Crippen LogP contribution in [0.4, 0.5) is 0 Å². The number of hydrogen-bond donors (Lipinski definition) is 1. The summed E-state index contributed by atoms with van der Waals surface area (Å²) in [7, 11) is 1.57. The first-order valence-electron chi connectivity index (χ1n) is 10.9. The highest BCUT2D eigenvalue weighted by molar-refractivity contribution is 6.30. The smallest absolute Gasteiger partial charge is 0.307 e. The molecule has 7 heteroatoms. The number of carbonyl (C=O) groups excluding carboxylic acids is 1. The van der Waals surface area contributed by atoms with E-state index in [1.165, 1.54) is 6.21 Å². The summed E-state index contributed by atoms with van der Waals surface area (Å²) in [6.45, 7) is 0.317. The van der Waals surface area contributed by atoms with Crippen molar-refractivity contribution in [1.82, 2.24) is 5.43 Å². The van der Waals surface area contributed by atoms with Crippen LogP contribution in [0, 0.1) is 0 Å². The Morgan fingerprint density at radius 1 is 1.00 bits per heavy atom. The minimum Gasteiger partial charge on any atom is -0.493 e. The molecule has 5 rings (SSSR count). The largest absolute Gasteiger partial charge is 0.493 e. The minimum absolute atomic E-state index is 0.179. The van der Waals surface area contributed by atoms with Crippen molar-refractivity contribution in [3.05, 3.63) is 107 Å². The predicted octanol–water partition coefficient (Wildman–Crippen LogP) is 6.59. The average molecular weight is 485 g/mol. The second-order valence-electron chi connectivity index (χ2n) is 7.80. The minimum atomic E-state index is -0.451. The summed E-state index contributed by atoms with van der Waals surface area (Å²) < 4.78 is 17.2. The van der Waals surface area contributed by atoms with Gasteiger partial charge in [-0.25, -0.2) is 5.43 Å². The molecule has 0 aliphatic heterocycles. The Bertz CT molecular complexity index is 1540. The normalized spacial score (nSPS) is 11.3. The van der Waals surface area contributed by atoms with Crippen LogP contribution >= 0.6 is 11.6 Å². The number of nitrogens with one attached hydrogen (secondary N) is 1. The van der Waals surface area contributed by atoms with Gasteiger partial charge < -0.3 is 13.9 Å². The Morgan fingerprint density at radius 2 is 1.83 bits per heavy atom. The number of halogens is 1. The number of methoxy groups -OCH3 is 1. The number of para-hydroxylation sites is 1. The van der Waals surface area contributed by atoms with Gasteiger partial charge in [-0.3, -0.25) is 4.79 Å². The number of benzene rings is 4. The molecule has 5 aromatic rings. The molecule has 4 aromatic carbocycles. The van der Waals surface area contributed by atoms with Crippen LogP contribution in [0.25, 0.3) is 21.7 Å². The van der Waals surface area contributed by atoms with Gasteiger partial charge in [0, 0.05) is 16.0 Å². The molecule has 6 nitrogen and oxygen atoms in total. The third-order valence-corrected chi connectivity index (χ3v) is 5.80. The lowest BCUT2D eigenvalue weighted by molar-refractivity contribution is 0.0929. The second-order valence-corrected chi connectivity index (χ2v) is 8.24. The van der Waals surface area contributed by atoms with Crippen LogP contribution in [0.5, 0.6) is 11.5 Å². The average Bonchev–Trinajstić information content (AvgIpc) is 3.34. The summed E-state index contributed by atoms with van der Waals surface area (Å²) in [5, 5.41) is 7.75. The Kier molecular flexibility index (Phi) is 6.37. The standard InChI is InChI=1S/C28H21ClN2O4/c1-33-25-8-4-6-20(27(25)34-17-18-9-12-21(29)13-10-18)16-30-31-28(32)26-15-23-22-7-3-2-5-19(22)11-14-24(23)35-26/h2-16H,17H2,1H3,(H,31,32)/b30-16+. The van der Waals surface area contributed by atoms with E-state index in [-0.39, 0.29) is 5.76 Å². The zero-order valence-electron chi connectivity index (χ0n) is 18.8. The molecule has 1 aromatic heterocycles. The SMILES string of the molecule is COc1cccc(/C=N/NC(=O)c2cc3c(ccc4ccccc43)o2)c1OCc1ccc(Cl)cc1. The van der Waals surface area contributed by atoms with Crippen LogP contribution in [-0.4, -0.2) is 19.2 Å². The van der Waals surface area contributed by atoms with Crippen molar-refractivity contribution in [2.45, 2.75) is 6.61 Å². The van der Waals surface area contributed by atoms with E-state index in [0.29, 0.717) is 34.3 Å². The maximum Gasteiger partial charge on any atom is 0.307 e. The van der Waals surface area contributed by atoms with Crippen molar-refractivity contribution in [1.29, 1.82) is 0 Å². The lowest BCUT2D eigenvalue weighted by Gasteiger charge is -2.13. The van der Waals surface area contributed by atoms with E-state index in [1.54, 1.807) is 31.4 Å². The van der Waals surface area contributed by atoms with Gasteiger partial charge >= 0.3 is 5.91 Å². The molecule has 0 bridgehead atoms. The molecule has 0 atom stereocenters. The lowest BCUT2D eigenvalue weighted by atomic mass is 10.1. The molecule has 0 saturated heterocycles. The number of rotatable bonds is 7. The molecular formula is C28H21ClN2O4. The zero-order chi connectivity index (χ0) is 24.2. The van der Waals surface area contributed by atoms with Crippen molar-refractivity contribution in [3.63, 3.8) is 0 Å². The Hall–Kier alpha value is -4.29. The van der Waals surface area contributed by atoms with Crippen LogP contribution < -0.4 is 14.9 Å². The number of hydrogen-bond acceptors (Lipinski definition) is 5. The molecule has 1 N–H and O–H groups in total. The quantitative estimate of drug-likeness (QED) is 0.209. The van der Waals surface area contributed by atoms with E-state index in [4.69, 9.17) is 25.5 Å². The van der Waals surface area contributed by atoms with Crippen LogP contribution in [0.15, 0.2) is 94.4 Å². The van der Waals surface area contributed by atoms with Crippen molar-refractivity contribution >= 4 is 45.5 Å². The fourth-order valence-electron chi connectivity index (χ4n) is 3.81. The van der Waals surface area contributed by atoms with Crippen molar-refractivity contribution in [3.8, 4) is 11.5 Å². The molecule has 0 aliphatic carbocycles. The summed E-state index contributed by atoms with van der Waals surface area (Å²) in [5.74, 6) is 0.794. The lowest BCUT2D eigenvalue weighted by Crippen LogP contribution is -2.16. The zero-order valence-corrected chi connectivity index (χ0v) is 19.6. The van der Waals surface area contributed by atoms with Gasteiger partial charge in [0.2, 0.25) is 0 Å². The van der Waals surface area contributed by atoms with Crippen LogP contribution in [0.2, 0.25) is 5.02 Å². The maximum atomic E-state index is 12.7. The fraction of sp³-hybridized carbons (Fsp3) is 0.0714. The number of nitrogens with zero attached hydrogens (tertiary/aromatic N) is 1. The third-order valence-electron chi connectivity index (χ3n) is 5.55. The van der Waals surface area contributed by atoms with Crippen LogP contribution in [-0.2, 0) is 6.61 Å². The van der Waals surface area contributed by atoms with Gasteiger partial charge in [0.1, 0.15) is 12.2 Å². The molecular weight excluding hydrogens is 464 g/mol. The Morgan fingerprint density at radius 3 is 2.66 bits per heavy atom. The number of furan rings is 1. The predicted molar refractivity (Wildman–Crippen MR) is 138 cm³/mol. The first-order valence-corrected chi connectivity index (χ1v) is 11.3. The fourth-order valence-corrected chi connectivity index (χ4v) is 3.93. The highest BCUT2D eigenvalue weighted by atomic mass is 35.5. The van der Waals surface area contributed by atoms with Crippen LogP contribution in [0.3, 0.4) is 0 Å². The number of ether oxygens (including phenoxy) is 2. The highest BCUT2D eigenvalue weighted by Crippen LogP contribution is 2.31. The summed E-state index contributed by atoms with van der Waals surface area (Å²) in [6, 6.07) is 26.3. The monoisotopic (exact) mass is 484 g/mol. The summed E-state index contributed by atoms with van der Waals surface area (Å²) >= 11 is 5.96. The summed E-state index contributed by atoms with van der Waals surface area (Å²) in [5.41, 5.74) is 4.77. The van der Waals surface area contributed by atoms with E-state index in [1.807, 2.05) is 60.7 Å². The van der Waals surface area contributed by atoms with Crippen molar-refractivity contribution in [2.24, 2.45) is 5.10 Å². The number of fused-ring (bicyclic) bond motifs is 3. The topological polar surface area (TPSA) is 73.1 Å². The van der Waals surface area contributed by atoms with E-state index in [2.05, 4.69) is 10.5 Å². The molecule has 1 amide bonds. The van der Waals surface area contributed by atoms with Crippen molar-refractivity contribution in [2.75, 3.05) is 7.11 Å². The van der Waals surface area contributed by atoms with Gasteiger partial charge in [0.05, 0.1) is 13.3 Å². The van der Waals surface area contributed by atoms with E-state index >= 15 is 0 Å². The molecule has 0 spiro atoms. The summed E-state index contributed by atoms with van der Waals surface area (Å²) in [6.07, 6.45) is 1.51. The van der Waals surface area contributed by atoms with Gasteiger partial charge in [-0.15, -0.1) is 0 Å². The number of amides is 1. The second kappa shape index (κ2) is 9.91. The number of carbonyl (C=O) groups is 1. The van der Waals surface area contributed by atoms with Gasteiger partial charge in [0.15, 0.2) is 17.3 Å². The molecule has 0 radical (unpaired) electrons. The first-order chi connectivity index (χ1) is 17.1. The first kappa shape index (κ1) is 22.5. The molecule has 0 unspecified atom stereocenters. The van der Waals surface area contributed by atoms with Gasteiger partial charge in [-0.2, -0.15) is 5.10 Å². The van der Waals surface area contributed by atoms with Gasteiger partial charge in [0.25, 0.3) is 0 Å². The van der Waals surface area contributed by atoms with Crippen molar-refractivity contribution < 1.29 is 18.7 Å². The van der Waals surface area contributed by atoms with E-state index in [0.717, 1.165) is 21.7 Å². The van der Waals surface area contributed by atoms with Gasteiger partial charge in [-0.05, 0) is 52.7 Å². The van der Waals surface area contributed by atoms with Crippen LogP contribution in [0.1, 0.15) is 21.7 Å². The molecule has 35 heavy (non-hydrogen) atoms. The summed E-state index contributed by atoms with van der Waals surface area (Å²) in [4.78, 5) is 12.7. The molecule has 0 aliphatic rings. The maximum absolute atomic E-state index is 12.7. The van der Waals surface area contributed by atoms with Gasteiger partial charge in [-0.1, -0.05) is 60.1 Å². The highest BCUT2D eigenvalue weighted by Gasteiger charge is 2.14. The Balaban J connectivity index is 1.33. The molecule has 0 saturated carbocycles. The molecule has 1 heterocycles. The number of hydrazone groups is 1. The third kappa shape index (κ3) is 4.83. The molecule has 174 valence electrons. The Labute approximate surface area is 206 Å². The molecule has 0 fully saturated rings. The van der Waals surface area contributed by atoms with E-state index < -0.39 is 5.91 Å².